The lowest BCUT2D eigenvalue weighted by Gasteiger charge is -2.16. The molecular weight excluding hydrogens is 248 g/mol. The van der Waals surface area contributed by atoms with Crippen LogP contribution in [-0.4, -0.2) is 11.9 Å². The fourth-order valence-corrected chi connectivity index (χ4v) is 2.57. The molecule has 3 nitrogen and oxygen atoms in total. The first-order chi connectivity index (χ1) is 8.63. The van der Waals surface area contributed by atoms with Crippen LogP contribution in [0.1, 0.15) is 35.2 Å². The Morgan fingerprint density at radius 2 is 2.28 bits per heavy atom. The summed E-state index contributed by atoms with van der Waals surface area (Å²) < 4.78 is 0. The molecule has 0 heterocycles. The van der Waals surface area contributed by atoms with E-state index in [0.717, 1.165) is 24.8 Å². The Kier molecular flexibility index (Phi) is 3.88. The number of nitrogens with one attached hydrogen (secondary N) is 1. The largest absolute Gasteiger partial charge is 0.348 e. The van der Waals surface area contributed by atoms with E-state index in [9.17, 15) is 4.79 Å². The molecule has 1 saturated carbocycles. The second-order valence-electron chi connectivity index (χ2n) is 4.68. The number of hydrogen-bond donors (Lipinski definition) is 1. The zero-order chi connectivity index (χ0) is 13.1. The van der Waals surface area contributed by atoms with Gasteiger partial charge in [-0.05, 0) is 37.8 Å². The molecule has 1 aromatic carbocycles. The van der Waals surface area contributed by atoms with Crippen LogP contribution >= 0.6 is 11.6 Å². The predicted molar refractivity (Wildman–Crippen MR) is 70.4 cm³/mol. The lowest BCUT2D eigenvalue weighted by Crippen LogP contribution is -2.37. The first kappa shape index (κ1) is 12.9. The maximum absolute atomic E-state index is 12.1. The number of rotatable bonds is 2. The minimum absolute atomic E-state index is 0.0425. The van der Waals surface area contributed by atoms with E-state index in [1.54, 1.807) is 6.07 Å². The van der Waals surface area contributed by atoms with Crippen molar-refractivity contribution in [1.29, 1.82) is 5.26 Å². The van der Waals surface area contributed by atoms with Gasteiger partial charge in [0.15, 0.2) is 0 Å². The van der Waals surface area contributed by atoms with Crippen LogP contribution in [0.3, 0.4) is 0 Å². The zero-order valence-electron chi connectivity index (χ0n) is 10.2. The molecule has 4 heteroatoms. The van der Waals surface area contributed by atoms with E-state index >= 15 is 0 Å². The van der Waals surface area contributed by atoms with Crippen LogP contribution in [0.25, 0.3) is 0 Å². The molecule has 0 saturated heterocycles. The second-order valence-corrected chi connectivity index (χ2v) is 5.06. The summed E-state index contributed by atoms with van der Waals surface area (Å²) in [6.07, 6.45) is 2.72. The number of carbonyl (C=O) groups excluding carboxylic acids is 1. The van der Waals surface area contributed by atoms with Crippen LogP contribution in [0.4, 0.5) is 0 Å². The number of benzene rings is 1. The van der Waals surface area contributed by atoms with Gasteiger partial charge in [0.25, 0.3) is 5.91 Å². The van der Waals surface area contributed by atoms with E-state index in [2.05, 4.69) is 11.4 Å². The van der Waals surface area contributed by atoms with Crippen LogP contribution in [0.15, 0.2) is 18.2 Å². The van der Waals surface area contributed by atoms with Crippen molar-refractivity contribution in [2.75, 3.05) is 0 Å². The summed E-state index contributed by atoms with van der Waals surface area (Å²) in [4.78, 5) is 12.1. The van der Waals surface area contributed by atoms with Gasteiger partial charge in [0.05, 0.1) is 22.6 Å². The minimum atomic E-state index is -0.184. The summed E-state index contributed by atoms with van der Waals surface area (Å²) in [5.41, 5.74) is 1.37. The van der Waals surface area contributed by atoms with Crippen molar-refractivity contribution >= 4 is 17.5 Å². The van der Waals surface area contributed by atoms with Crippen LogP contribution < -0.4 is 5.32 Å². The highest BCUT2D eigenvalue weighted by Gasteiger charge is 2.29. The molecule has 1 aromatic rings. The first-order valence-electron chi connectivity index (χ1n) is 6.09. The average Bonchev–Trinajstić information content (AvgIpc) is 2.79. The molecule has 1 N–H and O–H groups in total. The molecule has 0 spiro atoms. The number of carbonyl (C=O) groups is 1. The van der Waals surface area contributed by atoms with Crippen LogP contribution in [-0.2, 0) is 0 Å². The summed E-state index contributed by atoms with van der Waals surface area (Å²) in [6, 6.07) is 7.60. The number of nitrogens with zero attached hydrogens (tertiary/aromatic N) is 1. The topological polar surface area (TPSA) is 52.9 Å². The maximum atomic E-state index is 12.1. The minimum Gasteiger partial charge on any atom is -0.348 e. The van der Waals surface area contributed by atoms with E-state index in [4.69, 9.17) is 16.9 Å². The van der Waals surface area contributed by atoms with Gasteiger partial charge in [-0.1, -0.05) is 23.7 Å². The van der Waals surface area contributed by atoms with E-state index in [1.807, 2.05) is 19.1 Å². The Labute approximate surface area is 112 Å². The summed E-state index contributed by atoms with van der Waals surface area (Å²) in [6.45, 7) is 1.87. The Bertz CT molecular complexity index is 507. The third-order valence-electron chi connectivity index (χ3n) is 3.43. The van der Waals surface area contributed by atoms with Crippen molar-refractivity contribution in [2.24, 2.45) is 5.92 Å². The van der Waals surface area contributed by atoms with Crippen LogP contribution in [0.2, 0.25) is 5.02 Å². The molecule has 1 amide bonds. The highest BCUT2D eigenvalue weighted by molar-refractivity contribution is 6.34. The molecule has 0 bridgehead atoms. The van der Waals surface area contributed by atoms with E-state index in [-0.39, 0.29) is 17.9 Å². The lowest BCUT2D eigenvalue weighted by atomic mass is 10.0. The van der Waals surface area contributed by atoms with Crippen molar-refractivity contribution in [3.63, 3.8) is 0 Å². The summed E-state index contributed by atoms with van der Waals surface area (Å²) >= 11 is 6.12. The highest BCUT2D eigenvalue weighted by atomic mass is 35.5. The zero-order valence-corrected chi connectivity index (χ0v) is 11.0. The molecule has 94 valence electrons. The Balaban J connectivity index is 2.13. The number of aryl methyl sites for hydroxylation is 1. The van der Waals surface area contributed by atoms with Gasteiger partial charge in [-0.2, -0.15) is 5.26 Å². The van der Waals surface area contributed by atoms with Crippen LogP contribution in [0, 0.1) is 24.2 Å². The first-order valence-corrected chi connectivity index (χ1v) is 6.47. The van der Waals surface area contributed by atoms with Crippen molar-refractivity contribution < 1.29 is 4.79 Å². The van der Waals surface area contributed by atoms with E-state index < -0.39 is 0 Å². The van der Waals surface area contributed by atoms with Crippen molar-refractivity contribution in [3.05, 3.63) is 34.3 Å². The van der Waals surface area contributed by atoms with Crippen molar-refractivity contribution in [1.82, 2.24) is 5.32 Å². The summed E-state index contributed by atoms with van der Waals surface area (Å²) in [5, 5.41) is 12.4. The van der Waals surface area contributed by atoms with Gasteiger partial charge in [0, 0.05) is 6.04 Å². The van der Waals surface area contributed by atoms with Crippen molar-refractivity contribution in [3.8, 4) is 6.07 Å². The molecular formula is C14H15ClN2O. The quantitative estimate of drug-likeness (QED) is 0.891. The van der Waals surface area contributed by atoms with Gasteiger partial charge in [-0.15, -0.1) is 0 Å². The molecule has 0 aliphatic heterocycles. The third kappa shape index (κ3) is 2.49. The van der Waals surface area contributed by atoms with Gasteiger partial charge >= 0.3 is 0 Å². The predicted octanol–water partition coefficient (Wildman–Crippen LogP) is 3.07. The lowest BCUT2D eigenvalue weighted by molar-refractivity contribution is 0.0933. The Hall–Kier alpha value is -1.53. The molecule has 2 unspecified atom stereocenters. The SMILES string of the molecule is Cc1cccc(C(=O)NC2CCCC2C#N)c1Cl. The normalized spacial score (nSPS) is 22.5. The van der Waals surface area contributed by atoms with Crippen molar-refractivity contribution in [2.45, 2.75) is 32.2 Å². The van der Waals surface area contributed by atoms with Gasteiger partial charge in [0.1, 0.15) is 0 Å². The van der Waals surface area contributed by atoms with E-state index in [1.165, 1.54) is 0 Å². The molecule has 1 aliphatic carbocycles. The maximum Gasteiger partial charge on any atom is 0.253 e. The van der Waals surface area contributed by atoms with Gasteiger partial charge in [-0.25, -0.2) is 0 Å². The Morgan fingerprint density at radius 1 is 1.50 bits per heavy atom. The molecule has 18 heavy (non-hydrogen) atoms. The van der Waals surface area contributed by atoms with Crippen LogP contribution in [0.5, 0.6) is 0 Å². The van der Waals surface area contributed by atoms with Gasteiger partial charge in [-0.3, -0.25) is 4.79 Å². The fourth-order valence-electron chi connectivity index (χ4n) is 2.36. The van der Waals surface area contributed by atoms with Gasteiger partial charge in [0.2, 0.25) is 0 Å². The fraction of sp³-hybridized carbons (Fsp3) is 0.429. The monoisotopic (exact) mass is 262 g/mol. The van der Waals surface area contributed by atoms with Gasteiger partial charge < -0.3 is 5.32 Å². The van der Waals surface area contributed by atoms with E-state index in [0.29, 0.717) is 10.6 Å². The highest BCUT2D eigenvalue weighted by Crippen LogP contribution is 2.26. The molecule has 1 aliphatic rings. The molecule has 0 aromatic heterocycles. The molecule has 2 atom stereocenters. The average molecular weight is 263 g/mol. The molecule has 1 fully saturated rings. The number of hydrogen-bond acceptors (Lipinski definition) is 2. The number of nitriles is 1. The standard InChI is InChI=1S/C14H15ClN2O/c1-9-4-2-6-11(13(9)15)14(18)17-12-7-3-5-10(12)8-16/h2,4,6,10,12H,3,5,7H2,1H3,(H,17,18). The summed E-state index contributed by atoms with van der Waals surface area (Å²) in [7, 11) is 0. The number of amides is 1. The Morgan fingerprint density at radius 3 is 3.00 bits per heavy atom. The number of halogens is 1. The molecule has 2 rings (SSSR count). The summed E-state index contributed by atoms with van der Waals surface area (Å²) in [5.74, 6) is -0.256. The molecule has 0 radical (unpaired) electrons. The smallest absolute Gasteiger partial charge is 0.253 e. The third-order valence-corrected chi connectivity index (χ3v) is 3.94. The second kappa shape index (κ2) is 5.41.